The van der Waals surface area contributed by atoms with E-state index in [0.717, 1.165) is 5.75 Å². The molecule has 0 spiro atoms. The summed E-state index contributed by atoms with van der Waals surface area (Å²) in [5.74, 6) is -0.0528. The molecule has 5 heteroatoms. The van der Waals surface area contributed by atoms with E-state index in [-0.39, 0.29) is 0 Å². The number of carboxylic acid groups (broad SMARTS) is 1. The third-order valence-electron chi connectivity index (χ3n) is 2.11. The molecule has 0 heterocycles. The molecular formula is C11H14ClNO2S. The number of carbonyl (C=O) groups is 1. The summed E-state index contributed by atoms with van der Waals surface area (Å²) >= 11 is 7.57. The zero-order chi connectivity index (χ0) is 12.0. The maximum Gasteiger partial charge on any atom is 0.326 e. The fourth-order valence-electron chi connectivity index (χ4n) is 1.26. The lowest BCUT2D eigenvalue weighted by atomic mass is 10.2. The summed E-state index contributed by atoms with van der Waals surface area (Å²) in [7, 11) is 0. The Balaban J connectivity index is 2.68. The van der Waals surface area contributed by atoms with Gasteiger partial charge >= 0.3 is 5.97 Å². The number of aliphatic carboxylic acids is 1. The van der Waals surface area contributed by atoms with Crippen LogP contribution in [0.5, 0.6) is 0 Å². The van der Waals surface area contributed by atoms with Crippen molar-refractivity contribution in [1.82, 2.24) is 0 Å². The van der Waals surface area contributed by atoms with E-state index < -0.39 is 12.0 Å². The van der Waals surface area contributed by atoms with Crippen LogP contribution in [0.4, 0.5) is 5.69 Å². The minimum Gasteiger partial charge on any atom is -0.480 e. The van der Waals surface area contributed by atoms with Crippen molar-refractivity contribution in [2.24, 2.45) is 0 Å². The van der Waals surface area contributed by atoms with Gasteiger partial charge in [-0.1, -0.05) is 23.7 Å². The van der Waals surface area contributed by atoms with Crippen LogP contribution >= 0.6 is 23.4 Å². The monoisotopic (exact) mass is 259 g/mol. The van der Waals surface area contributed by atoms with Crippen LogP contribution in [0.25, 0.3) is 0 Å². The van der Waals surface area contributed by atoms with Crippen LogP contribution in [0.3, 0.4) is 0 Å². The van der Waals surface area contributed by atoms with Gasteiger partial charge in [0.05, 0.1) is 10.7 Å². The van der Waals surface area contributed by atoms with Gasteiger partial charge in [-0.05, 0) is 30.6 Å². The van der Waals surface area contributed by atoms with E-state index in [1.165, 1.54) is 0 Å². The molecule has 0 radical (unpaired) electrons. The highest BCUT2D eigenvalue weighted by atomic mass is 35.5. The summed E-state index contributed by atoms with van der Waals surface area (Å²) in [6, 6.07) is 6.55. The van der Waals surface area contributed by atoms with Crippen LogP contribution in [-0.4, -0.2) is 29.1 Å². The first-order chi connectivity index (χ1) is 7.65. The number of carboxylic acids is 1. The molecule has 1 aromatic carbocycles. The molecule has 0 aliphatic heterocycles. The van der Waals surface area contributed by atoms with Crippen molar-refractivity contribution in [2.75, 3.05) is 17.3 Å². The van der Waals surface area contributed by atoms with E-state index in [9.17, 15) is 4.79 Å². The maximum absolute atomic E-state index is 11.0. The molecule has 0 bridgehead atoms. The zero-order valence-electron chi connectivity index (χ0n) is 8.94. The zero-order valence-corrected chi connectivity index (χ0v) is 10.5. The SMILES string of the molecule is CSCCC(Nc1ccccc1Cl)C(=O)O. The maximum atomic E-state index is 11.0. The van der Waals surface area contributed by atoms with Crippen LogP contribution in [-0.2, 0) is 4.79 Å². The molecule has 1 rings (SSSR count). The molecule has 1 aromatic rings. The number of thioether (sulfide) groups is 1. The Morgan fingerprint density at radius 2 is 2.25 bits per heavy atom. The molecular weight excluding hydrogens is 246 g/mol. The number of benzene rings is 1. The van der Waals surface area contributed by atoms with E-state index >= 15 is 0 Å². The quantitative estimate of drug-likeness (QED) is 0.825. The molecule has 1 atom stereocenters. The average Bonchev–Trinajstić information content (AvgIpc) is 2.26. The van der Waals surface area contributed by atoms with Crippen molar-refractivity contribution in [3.05, 3.63) is 29.3 Å². The predicted octanol–water partition coefficient (Wildman–Crippen LogP) is 2.96. The smallest absolute Gasteiger partial charge is 0.326 e. The lowest BCUT2D eigenvalue weighted by molar-refractivity contribution is -0.137. The normalized spacial score (nSPS) is 12.1. The van der Waals surface area contributed by atoms with Crippen LogP contribution < -0.4 is 5.32 Å². The molecule has 0 saturated carbocycles. The molecule has 3 nitrogen and oxygen atoms in total. The molecule has 0 aromatic heterocycles. The molecule has 0 aliphatic carbocycles. The average molecular weight is 260 g/mol. The Labute approximate surface area is 104 Å². The van der Waals surface area contributed by atoms with Gasteiger partial charge in [0.1, 0.15) is 6.04 Å². The van der Waals surface area contributed by atoms with Crippen LogP contribution in [0.2, 0.25) is 5.02 Å². The molecule has 0 aliphatic rings. The standard InChI is InChI=1S/C11H14ClNO2S/c1-16-7-6-10(11(14)15)13-9-5-3-2-4-8(9)12/h2-5,10,13H,6-7H2,1H3,(H,14,15). The van der Waals surface area contributed by atoms with E-state index in [1.807, 2.05) is 18.4 Å². The Kier molecular flexibility index (Phi) is 5.49. The van der Waals surface area contributed by atoms with Gasteiger partial charge in [-0.3, -0.25) is 0 Å². The van der Waals surface area contributed by atoms with Gasteiger partial charge in [0.2, 0.25) is 0 Å². The Morgan fingerprint density at radius 3 is 2.81 bits per heavy atom. The van der Waals surface area contributed by atoms with E-state index in [4.69, 9.17) is 16.7 Å². The Bertz CT molecular complexity index is 360. The predicted molar refractivity (Wildman–Crippen MR) is 69.5 cm³/mol. The summed E-state index contributed by atoms with van der Waals surface area (Å²) in [5.41, 5.74) is 0.665. The summed E-state index contributed by atoms with van der Waals surface area (Å²) in [4.78, 5) is 11.0. The molecule has 88 valence electrons. The van der Waals surface area contributed by atoms with E-state index in [2.05, 4.69) is 5.32 Å². The molecule has 0 saturated heterocycles. The highest BCUT2D eigenvalue weighted by Crippen LogP contribution is 2.22. The first-order valence-corrected chi connectivity index (χ1v) is 6.65. The largest absolute Gasteiger partial charge is 0.480 e. The topological polar surface area (TPSA) is 49.3 Å². The summed E-state index contributed by atoms with van der Waals surface area (Å²) in [6.07, 6.45) is 2.52. The van der Waals surface area contributed by atoms with Gasteiger partial charge in [0.15, 0.2) is 0 Å². The number of rotatable bonds is 6. The minimum atomic E-state index is -0.853. The highest BCUT2D eigenvalue weighted by Gasteiger charge is 2.17. The lowest BCUT2D eigenvalue weighted by Crippen LogP contribution is -2.29. The number of hydrogen-bond donors (Lipinski definition) is 2. The molecule has 1 unspecified atom stereocenters. The second-order valence-electron chi connectivity index (χ2n) is 3.30. The Morgan fingerprint density at radius 1 is 1.56 bits per heavy atom. The van der Waals surface area contributed by atoms with Gasteiger partial charge in [0, 0.05) is 0 Å². The Hall–Kier alpha value is -0.870. The van der Waals surface area contributed by atoms with Crippen molar-refractivity contribution >= 4 is 35.0 Å². The first-order valence-electron chi connectivity index (χ1n) is 4.88. The minimum absolute atomic E-state index is 0.540. The van der Waals surface area contributed by atoms with E-state index in [1.54, 1.807) is 23.9 Å². The van der Waals surface area contributed by atoms with Crippen molar-refractivity contribution in [3.8, 4) is 0 Å². The highest BCUT2D eigenvalue weighted by molar-refractivity contribution is 7.98. The summed E-state index contributed by atoms with van der Waals surface area (Å²) < 4.78 is 0. The first kappa shape index (κ1) is 13.2. The van der Waals surface area contributed by atoms with Crippen molar-refractivity contribution < 1.29 is 9.90 Å². The number of para-hydroxylation sites is 1. The molecule has 0 amide bonds. The summed E-state index contributed by atoms with van der Waals surface area (Å²) in [6.45, 7) is 0. The van der Waals surface area contributed by atoms with Crippen LogP contribution in [0.1, 0.15) is 6.42 Å². The van der Waals surface area contributed by atoms with Gasteiger partial charge in [-0.15, -0.1) is 0 Å². The second-order valence-corrected chi connectivity index (χ2v) is 4.69. The fourth-order valence-corrected chi connectivity index (χ4v) is 1.92. The van der Waals surface area contributed by atoms with Gasteiger partial charge in [0.25, 0.3) is 0 Å². The van der Waals surface area contributed by atoms with Gasteiger partial charge in [-0.2, -0.15) is 11.8 Å². The number of anilines is 1. The fraction of sp³-hybridized carbons (Fsp3) is 0.364. The summed E-state index contributed by atoms with van der Waals surface area (Å²) in [5, 5.41) is 12.5. The number of halogens is 1. The van der Waals surface area contributed by atoms with Crippen LogP contribution in [0.15, 0.2) is 24.3 Å². The number of nitrogens with one attached hydrogen (secondary N) is 1. The van der Waals surface area contributed by atoms with E-state index in [0.29, 0.717) is 17.1 Å². The van der Waals surface area contributed by atoms with Crippen molar-refractivity contribution in [3.63, 3.8) is 0 Å². The molecule has 0 fully saturated rings. The van der Waals surface area contributed by atoms with Gasteiger partial charge in [-0.25, -0.2) is 4.79 Å². The lowest BCUT2D eigenvalue weighted by Gasteiger charge is -2.16. The van der Waals surface area contributed by atoms with Gasteiger partial charge < -0.3 is 10.4 Å². The third-order valence-corrected chi connectivity index (χ3v) is 3.09. The van der Waals surface area contributed by atoms with Crippen molar-refractivity contribution in [1.29, 1.82) is 0 Å². The molecule has 16 heavy (non-hydrogen) atoms. The van der Waals surface area contributed by atoms with Crippen LogP contribution in [0, 0.1) is 0 Å². The van der Waals surface area contributed by atoms with Crippen molar-refractivity contribution in [2.45, 2.75) is 12.5 Å². The third kappa shape index (κ3) is 3.94. The molecule has 2 N–H and O–H groups in total. The second kappa shape index (κ2) is 6.66. The number of hydrogen-bond acceptors (Lipinski definition) is 3.